The minimum atomic E-state index is 0.234. The van der Waals surface area contributed by atoms with E-state index in [4.69, 9.17) is 4.42 Å². The molecular formula is C22H30N2O2S. The SMILES string of the molecule is Cc1ccc(SCCC(=O)N(Cc2ccco2)C2CCN(C)CC2)cc1C. The van der Waals surface area contributed by atoms with Gasteiger partial charge in [0.15, 0.2) is 0 Å². The Morgan fingerprint density at radius 1 is 1.22 bits per heavy atom. The number of rotatable bonds is 7. The monoisotopic (exact) mass is 386 g/mol. The van der Waals surface area contributed by atoms with Gasteiger partial charge in [0.2, 0.25) is 5.91 Å². The van der Waals surface area contributed by atoms with E-state index in [1.54, 1.807) is 18.0 Å². The third-order valence-corrected chi connectivity index (χ3v) is 6.41. The molecule has 0 radical (unpaired) electrons. The zero-order valence-electron chi connectivity index (χ0n) is 16.6. The molecule has 0 bridgehead atoms. The Bertz CT molecular complexity index is 737. The number of carbonyl (C=O) groups excluding carboxylic acids is 1. The molecule has 2 aromatic rings. The first-order chi connectivity index (χ1) is 13.0. The second-order valence-corrected chi connectivity index (χ2v) is 8.65. The van der Waals surface area contributed by atoms with Crippen molar-refractivity contribution >= 4 is 17.7 Å². The Morgan fingerprint density at radius 2 is 2.00 bits per heavy atom. The highest BCUT2D eigenvalue weighted by Crippen LogP contribution is 2.24. The highest BCUT2D eigenvalue weighted by molar-refractivity contribution is 7.99. The summed E-state index contributed by atoms with van der Waals surface area (Å²) >= 11 is 1.76. The van der Waals surface area contributed by atoms with E-state index in [0.717, 1.165) is 37.4 Å². The third-order valence-electron chi connectivity index (χ3n) is 5.42. The number of hydrogen-bond donors (Lipinski definition) is 0. The first kappa shape index (κ1) is 20.0. The van der Waals surface area contributed by atoms with Gasteiger partial charge in [-0.25, -0.2) is 0 Å². The largest absolute Gasteiger partial charge is 0.467 e. The van der Waals surface area contributed by atoms with E-state index in [2.05, 4.69) is 44.0 Å². The number of aryl methyl sites for hydroxylation is 2. The Labute approximate surface area is 166 Å². The normalized spacial score (nSPS) is 15.8. The lowest BCUT2D eigenvalue weighted by Crippen LogP contribution is -2.46. The molecule has 0 unspecified atom stereocenters. The number of amides is 1. The van der Waals surface area contributed by atoms with Crippen LogP contribution >= 0.6 is 11.8 Å². The molecule has 4 nitrogen and oxygen atoms in total. The van der Waals surface area contributed by atoms with Crippen molar-refractivity contribution in [2.24, 2.45) is 0 Å². The summed E-state index contributed by atoms with van der Waals surface area (Å²) in [5, 5.41) is 0. The zero-order valence-corrected chi connectivity index (χ0v) is 17.4. The summed E-state index contributed by atoms with van der Waals surface area (Å²) in [6.45, 7) is 6.93. The topological polar surface area (TPSA) is 36.7 Å². The predicted octanol–water partition coefficient (Wildman–Crippen LogP) is 4.50. The van der Waals surface area contributed by atoms with Gasteiger partial charge in [-0.3, -0.25) is 4.79 Å². The maximum absolute atomic E-state index is 13.0. The number of thioether (sulfide) groups is 1. The fourth-order valence-corrected chi connectivity index (χ4v) is 4.44. The van der Waals surface area contributed by atoms with Gasteiger partial charge in [-0.1, -0.05) is 6.07 Å². The fraction of sp³-hybridized carbons (Fsp3) is 0.500. The Morgan fingerprint density at radius 3 is 2.67 bits per heavy atom. The zero-order chi connectivity index (χ0) is 19.2. The van der Waals surface area contributed by atoms with Crippen LogP contribution in [0.1, 0.15) is 36.1 Å². The van der Waals surface area contributed by atoms with Crippen LogP contribution in [0.25, 0.3) is 0 Å². The molecule has 146 valence electrons. The molecule has 27 heavy (non-hydrogen) atoms. The first-order valence-corrected chi connectivity index (χ1v) is 10.7. The number of furan rings is 1. The Balaban J connectivity index is 1.58. The molecule has 1 aromatic carbocycles. The molecular weight excluding hydrogens is 356 g/mol. The molecule has 1 saturated heterocycles. The van der Waals surface area contributed by atoms with Crippen LogP contribution in [0.4, 0.5) is 0 Å². The minimum absolute atomic E-state index is 0.234. The van der Waals surface area contributed by atoms with Gasteiger partial charge in [-0.05, 0) is 82.2 Å². The average Bonchev–Trinajstić information content (AvgIpc) is 3.17. The van der Waals surface area contributed by atoms with Crippen molar-refractivity contribution in [1.82, 2.24) is 9.80 Å². The van der Waals surface area contributed by atoms with Crippen molar-refractivity contribution in [2.45, 2.75) is 50.6 Å². The van der Waals surface area contributed by atoms with Crippen molar-refractivity contribution in [3.8, 4) is 0 Å². The first-order valence-electron chi connectivity index (χ1n) is 9.73. The van der Waals surface area contributed by atoms with Gasteiger partial charge in [0, 0.05) is 23.1 Å². The molecule has 0 aliphatic carbocycles. The van der Waals surface area contributed by atoms with Gasteiger partial charge in [-0.15, -0.1) is 11.8 Å². The summed E-state index contributed by atoms with van der Waals surface area (Å²) in [6.07, 6.45) is 4.31. The predicted molar refractivity (Wildman–Crippen MR) is 111 cm³/mol. The second kappa shape index (κ2) is 9.47. The van der Waals surface area contributed by atoms with Crippen LogP contribution < -0.4 is 0 Å². The number of benzene rings is 1. The van der Waals surface area contributed by atoms with Crippen LogP contribution in [0.15, 0.2) is 45.9 Å². The lowest BCUT2D eigenvalue weighted by atomic mass is 10.0. The van der Waals surface area contributed by atoms with Crippen LogP contribution in [0.5, 0.6) is 0 Å². The van der Waals surface area contributed by atoms with Crippen molar-refractivity contribution in [3.63, 3.8) is 0 Å². The number of piperidine rings is 1. The standard InChI is InChI=1S/C22H30N2O2S/c1-17-6-7-21(15-18(17)2)27-14-10-22(25)24(16-20-5-4-13-26-20)19-8-11-23(3)12-9-19/h4-7,13,15,19H,8-12,14,16H2,1-3H3. The van der Waals surface area contributed by atoms with Crippen LogP contribution in [0.2, 0.25) is 0 Å². The van der Waals surface area contributed by atoms with Crippen LogP contribution in [-0.2, 0) is 11.3 Å². The smallest absolute Gasteiger partial charge is 0.224 e. The molecule has 1 aromatic heterocycles. The summed E-state index contributed by atoms with van der Waals surface area (Å²) in [5.41, 5.74) is 2.61. The van der Waals surface area contributed by atoms with E-state index in [1.165, 1.54) is 16.0 Å². The summed E-state index contributed by atoms with van der Waals surface area (Å²) in [6, 6.07) is 10.7. The molecule has 5 heteroatoms. The fourth-order valence-electron chi connectivity index (χ4n) is 3.50. The van der Waals surface area contributed by atoms with Crippen LogP contribution in [-0.4, -0.2) is 47.6 Å². The van der Waals surface area contributed by atoms with Gasteiger partial charge < -0.3 is 14.2 Å². The Kier molecular flexibility index (Phi) is 7.02. The van der Waals surface area contributed by atoms with E-state index in [9.17, 15) is 4.79 Å². The van der Waals surface area contributed by atoms with Gasteiger partial charge >= 0.3 is 0 Å². The number of carbonyl (C=O) groups is 1. The summed E-state index contributed by atoms with van der Waals surface area (Å²) in [4.78, 5) is 18.6. The Hall–Kier alpha value is -1.72. The maximum atomic E-state index is 13.0. The molecule has 1 amide bonds. The third kappa shape index (κ3) is 5.63. The highest BCUT2D eigenvalue weighted by Gasteiger charge is 2.27. The van der Waals surface area contributed by atoms with Gasteiger partial charge in [-0.2, -0.15) is 0 Å². The maximum Gasteiger partial charge on any atom is 0.224 e. The number of hydrogen-bond acceptors (Lipinski definition) is 4. The van der Waals surface area contributed by atoms with Crippen molar-refractivity contribution in [2.75, 3.05) is 25.9 Å². The molecule has 0 spiro atoms. The summed E-state index contributed by atoms with van der Waals surface area (Å²) in [5.74, 6) is 1.91. The molecule has 0 saturated carbocycles. The highest BCUT2D eigenvalue weighted by atomic mass is 32.2. The molecule has 1 aliphatic heterocycles. The quantitative estimate of drug-likeness (QED) is 0.657. The molecule has 3 rings (SSSR count). The molecule has 2 heterocycles. The van der Waals surface area contributed by atoms with E-state index in [0.29, 0.717) is 19.0 Å². The van der Waals surface area contributed by atoms with E-state index in [-0.39, 0.29) is 5.91 Å². The molecule has 0 N–H and O–H groups in total. The average molecular weight is 387 g/mol. The van der Waals surface area contributed by atoms with Crippen molar-refractivity contribution in [1.29, 1.82) is 0 Å². The van der Waals surface area contributed by atoms with E-state index < -0.39 is 0 Å². The number of likely N-dealkylation sites (tertiary alicyclic amines) is 1. The molecule has 1 fully saturated rings. The second-order valence-electron chi connectivity index (χ2n) is 7.48. The van der Waals surface area contributed by atoms with Crippen LogP contribution in [0, 0.1) is 13.8 Å². The van der Waals surface area contributed by atoms with Crippen LogP contribution in [0.3, 0.4) is 0 Å². The van der Waals surface area contributed by atoms with Gasteiger partial charge in [0.1, 0.15) is 5.76 Å². The van der Waals surface area contributed by atoms with E-state index in [1.807, 2.05) is 17.0 Å². The van der Waals surface area contributed by atoms with Gasteiger partial charge in [0.25, 0.3) is 0 Å². The van der Waals surface area contributed by atoms with Crippen molar-refractivity contribution in [3.05, 3.63) is 53.5 Å². The van der Waals surface area contributed by atoms with Gasteiger partial charge in [0.05, 0.1) is 12.8 Å². The lowest BCUT2D eigenvalue weighted by molar-refractivity contribution is -0.135. The van der Waals surface area contributed by atoms with E-state index >= 15 is 0 Å². The minimum Gasteiger partial charge on any atom is -0.467 e. The summed E-state index contributed by atoms with van der Waals surface area (Å²) in [7, 11) is 2.15. The molecule has 0 atom stereocenters. The van der Waals surface area contributed by atoms with Crippen molar-refractivity contribution < 1.29 is 9.21 Å². The summed E-state index contributed by atoms with van der Waals surface area (Å²) < 4.78 is 5.51. The lowest BCUT2D eigenvalue weighted by Gasteiger charge is -2.37. The number of nitrogens with zero attached hydrogens (tertiary/aromatic N) is 2. The molecule has 1 aliphatic rings.